The Morgan fingerprint density at radius 2 is 0.760 bits per heavy atom. The van der Waals surface area contributed by atoms with Gasteiger partial charge < -0.3 is 0 Å². The van der Waals surface area contributed by atoms with Crippen molar-refractivity contribution in [2.45, 2.75) is 13.1 Å². The van der Waals surface area contributed by atoms with Crippen molar-refractivity contribution in [3.8, 4) is 0 Å². The molecule has 0 aliphatic carbocycles. The number of benzene rings is 2. The van der Waals surface area contributed by atoms with Crippen LogP contribution in [0.15, 0.2) is 0 Å². The summed E-state index contributed by atoms with van der Waals surface area (Å²) in [6.45, 7) is -0.992. The number of hydrogen-bond acceptors (Lipinski definition) is 0. The molecule has 134 valence electrons. The summed E-state index contributed by atoms with van der Waals surface area (Å²) in [5.74, 6) is -23.1. The summed E-state index contributed by atoms with van der Waals surface area (Å²) < 4.78 is 133. The lowest BCUT2D eigenvalue weighted by Gasteiger charge is -2.14. The minimum absolute atomic E-state index is 0.802. The van der Waals surface area contributed by atoms with Gasteiger partial charge in [0.15, 0.2) is 59.1 Å². The van der Waals surface area contributed by atoms with Crippen molar-refractivity contribution in [3.63, 3.8) is 0 Å². The molecule has 0 nitrogen and oxygen atoms in total. The molecule has 0 aliphatic heterocycles. The highest BCUT2D eigenvalue weighted by Gasteiger charge is 2.33. The lowest BCUT2D eigenvalue weighted by molar-refractivity contribution is 0.372. The maximum atomic E-state index is 13.7. The molecule has 0 heterocycles. The second-order valence-electron chi connectivity index (χ2n) is 5.14. The molecule has 0 unspecified atom stereocenters. The Bertz CT molecular complexity index is 806. The Morgan fingerprint density at radius 3 is 1.12 bits per heavy atom. The minimum Gasteiger partial charge on any atom is -0.204 e. The molecular formula is C14H5BF10. The molecule has 0 spiro atoms. The van der Waals surface area contributed by atoms with E-state index in [0.717, 1.165) is 6.82 Å². The molecule has 0 aromatic heterocycles. The second-order valence-corrected chi connectivity index (χ2v) is 5.14. The van der Waals surface area contributed by atoms with Crippen LogP contribution in [0.3, 0.4) is 0 Å². The molecule has 2 aromatic rings. The molecule has 0 amide bonds. The van der Waals surface area contributed by atoms with Gasteiger partial charge in [0.25, 0.3) is 0 Å². The van der Waals surface area contributed by atoms with Crippen LogP contribution < -0.4 is 5.46 Å². The van der Waals surface area contributed by atoms with E-state index in [-0.39, 0.29) is 0 Å². The Labute approximate surface area is 134 Å². The van der Waals surface area contributed by atoms with Crippen molar-refractivity contribution in [1.29, 1.82) is 0 Å². The normalized spacial score (nSPS) is 11.2. The molecule has 0 fully saturated rings. The fourth-order valence-electron chi connectivity index (χ4n) is 2.29. The zero-order valence-electron chi connectivity index (χ0n) is 12.1. The van der Waals surface area contributed by atoms with Crippen LogP contribution in [-0.4, -0.2) is 6.71 Å². The quantitative estimate of drug-likeness (QED) is 0.327. The number of rotatable bonds is 3. The van der Waals surface area contributed by atoms with Gasteiger partial charge in [-0.15, -0.1) is 0 Å². The lowest BCUT2D eigenvalue weighted by atomic mass is 9.43. The molecular weight excluding hydrogens is 369 g/mol. The van der Waals surface area contributed by atoms with Crippen LogP contribution in [0, 0.1) is 58.2 Å². The number of hydrogen-bond donors (Lipinski definition) is 0. The van der Waals surface area contributed by atoms with E-state index in [9.17, 15) is 43.9 Å². The molecule has 2 aromatic carbocycles. The zero-order valence-corrected chi connectivity index (χ0v) is 12.1. The molecule has 0 saturated heterocycles. The lowest BCUT2D eigenvalue weighted by Crippen LogP contribution is -2.38. The van der Waals surface area contributed by atoms with E-state index in [1.54, 1.807) is 0 Å². The van der Waals surface area contributed by atoms with Gasteiger partial charge in [-0.05, 0) is 11.8 Å². The third kappa shape index (κ3) is 2.95. The molecule has 2 rings (SSSR count). The van der Waals surface area contributed by atoms with E-state index in [0.29, 0.717) is 0 Å². The van der Waals surface area contributed by atoms with E-state index < -0.39 is 82.2 Å². The topological polar surface area (TPSA) is 0 Å². The number of halogens is 10. The molecule has 25 heavy (non-hydrogen) atoms. The third-order valence-corrected chi connectivity index (χ3v) is 3.55. The molecule has 11 heteroatoms. The van der Waals surface area contributed by atoms with Gasteiger partial charge >= 0.3 is 0 Å². The summed E-state index contributed by atoms with van der Waals surface area (Å²) in [7, 11) is 0. The monoisotopic (exact) mass is 374 g/mol. The summed E-state index contributed by atoms with van der Waals surface area (Å²) in [5.41, 5.74) is -2.87. The highest BCUT2D eigenvalue weighted by molar-refractivity contribution is 6.71. The van der Waals surface area contributed by atoms with E-state index in [2.05, 4.69) is 0 Å². The van der Waals surface area contributed by atoms with Gasteiger partial charge in [-0.2, -0.15) is 0 Å². The average molecular weight is 374 g/mol. The first-order valence-electron chi connectivity index (χ1n) is 6.52. The summed E-state index contributed by atoms with van der Waals surface area (Å²) in [6, 6.07) is 0. The van der Waals surface area contributed by atoms with Crippen LogP contribution in [-0.2, 0) is 6.32 Å². The van der Waals surface area contributed by atoms with Crippen LogP contribution >= 0.6 is 0 Å². The van der Waals surface area contributed by atoms with Gasteiger partial charge in [-0.25, -0.2) is 43.9 Å². The largest absolute Gasteiger partial charge is 0.204 e. The standard InChI is InChI=1S/C14H5BF10/c1-15(4-7(18)11(22)14(25)12(23)8(4)19)2-3-5(16)9(20)13(24)10(21)6(3)17/h2H2,1H3. The van der Waals surface area contributed by atoms with E-state index in [4.69, 9.17) is 0 Å². The minimum atomic E-state index is -2.44. The summed E-state index contributed by atoms with van der Waals surface area (Å²) in [5, 5.41) is 0. The zero-order chi connectivity index (χ0) is 19.2. The Kier molecular flexibility index (Phi) is 5.05. The molecule has 0 bridgehead atoms. The predicted octanol–water partition coefficient (Wildman–Crippen LogP) is 4.19. The highest BCUT2D eigenvalue weighted by atomic mass is 19.2. The van der Waals surface area contributed by atoms with Crippen molar-refractivity contribution in [2.75, 3.05) is 0 Å². The van der Waals surface area contributed by atoms with Crippen molar-refractivity contribution in [2.24, 2.45) is 0 Å². The van der Waals surface area contributed by atoms with Gasteiger partial charge in [-0.1, -0.05) is 6.82 Å². The Hall–Kier alpha value is -2.20. The van der Waals surface area contributed by atoms with Crippen LogP contribution in [0.1, 0.15) is 5.56 Å². The summed E-state index contributed by atoms with van der Waals surface area (Å²) in [6.07, 6.45) is -1.20. The molecule has 0 radical (unpaired) electrons. The smallest absolute Gasteiger partial charge is 0.200 e. The first-order chi connectivity index (χ1) is 11.5. The molecule has 0 atom stereocenters. The molecule has 0 aliphatic rings. The van der Waals surface area contributed by atoms with E-state index >= 15 is 0 Å². The Balaban J connectivity index is 2.58. The van der Waals surface area contributed by atoms with Crippen LogP contribution in [0.5, 0.6) is 0 Å². The predicted molar refractivity (Wildman–Crippen MR) is 67.4 cm³/mol. The third-order valence-electron chi connectivity index (χ3n) is 3.55. The van der Waals surface area contributed by atoms with Gasteiger partial charge in [0.05, 0.1) is 0 Å². The average Bonchev–Trinajstić information content (AvgIpc) is 2.58. The fourth-order valence-corrected chi connectivity index (χ4v) is 2.29. The SMILES string of the molecule is CB(Cc1c(F)c(F)c(F)c(F)c1F)c1c(F)c(F)c(F)c(F)c1F. The van der Waals surface area contributed by atoms with Gasteiger partial charge in [0.2, 0.25) is 5.82 Å². The van der Waals surface area contributed by atoms with Gasteiger partial charge in [0, 0.05) is 5.56 Å². The summed E-state index contributed by atoms with van der Waals surface area (Å²) in [4.78, 5) is 0. The summed E-state index contributed by atoms with van der Waals surface area (Å²) >= 11 is 0. The molecule has 0 saturated carbocycles. The van der Waals surface area contributed by atoms with E-state index in [1.807, 2.05) is 0 Å². The highest BCUT2D eigenvalue weighted by Crippen LogP contribution is 2.25. The Morgan fingerprint density at radius 1 is 0.480 bits per heavy atom. The van der Waals surface area contributed by atoms with Crippen LogP contribution in [0.2, 0.25) is 6.82 Å². The van der Waals surface area contributed by atoms with Crippen molar-refractivity contribution >= 4 is 12.2 Å². The van der Waals surface area contributed by atoms with Crippen LogP contribution in [0.25, 0.3) is 0 Å². The van der Waals surface area contributed by atoms with Crippen molar-refractivity contribution in [1.82, 2.24) is 0 Å². The van der Waals surface area contributed by atoms with Crippen molar-refractivity contribution < 1.29 is 43.9 Å². The maximum absolute atomic E-state index is 13.7. The molecule has 0 N–H and O–H groups in total. The van der Waals surface area contributed by atoms with Crippen LogP contribution in [0.4, 0.5) is 43.9 Å². The van der Waals surface area contributed by atoms with Crippen molar-refractivity contribution in [3.05, 3.63) is 63.7 Å². The fraction of sp³-hybridized carbons (Fsp3) is 0.143. The first kappa shape index (κ1) is 19.1. The maximum Gasteiger partial charge on any atom is 0.200 e. The second kappa shape index (κ2) is 6.60. The van der Waals surface area contributed by atoms with Gasteiger partial charge in [-0.3, -0.25) is 0 Å². The first-order valence-corrected chi connectivity index (χ1v) is 6.52. The van der Waals surface area contributed by atoms with Gasteiger partial charge in [0.1, 0.15) is 0 Å². The van der Waals surface area contributed by atoms with E-state index in [1.165, 1.54) is 0 Å².